The number of hydrogen-bond donors (Lipinski definition) is 4. The van der Waals surface area contributed by atoms with Crippen molar-refractivity contribution in [2.45, 2.75) is 50.9 Å². The minimum absolute atomic E-state index is 0.114. The highest BCUT2D eigenvalue weighted by molar-refractivity contribution is 6.05. The van der Waals surface area contributed by atoms with Crippen molar-refractivity contribution in [2.75, 3.05) is 50.1 Å². The van der Waals surface area contributed by atoms with Crippen LogP contribution in [0.25, 0.3) is 22.5 Å². The molecule has 4 aromatic rings. The van der Waals surface area contributed by atoms with Gasteiger partial charge in [0.25, 0.3) is 17.7 Å². The lowest BCUT2D eigenvalue weighted by Gasteiger charge is -2.37. The number of nitrogens with zero attached hydrogens (tertiary/aromatic N) is 9. The number of piperidine rings is 2. The van der Waals surface area contributed by atoms with Crippen LogP contribution in [-0.4, -0.2) is 116 Å². The Balaban J connectivity index is 0.000000180. The van der Waals surface area contributed by atoms with E-state index in [0.29, 0.717) is 58.1 Å². The molecule has 8 heterocycles. The van der Waals surface area contributed by atoms with Crippen molar-refractivity contribution in [1.82, 2.24) is 50.4 Å². The van der Waals surface area contributed by atoms with Gasteiger partial charge in [0, 0.05) is 114 Å². The number of fused-ring (bicyclic) bond motifs is 2. The third kappa shape index (κ3) is 8.70. The van der Waals surface area contributed by atoms with E-state index in [9.17, 15) is 14.4 Å². The van der Waals surface area contributed by atoms with Gasteiger partial charge >= 0.3 is 5.97 Å². The molecule has 17 nitrogen and oxygen atoms in total. The number of carboxylic acid groups (broad SMARTS) is 1. The molecule has 4 aliphatic rings. The van der Waals surface area contributed by atoms with Gasteiger partial charge in [-0.2, -0.15) is 10.2 Å². The number of rotatable bonds is 6. The maximum absolute atomic E-state index is 15.3. The van der Waals surface area contributed by atoms with E-state index >= 15 is 8.78 Å². The predicted octanol–water partition coefficient (Wildman–Crippen LogP) is 1.68. The van der Waals surface area contributed by atoms with Crippen LogP contribution >= 0.6 is 0 Å². The number of likely N-dealkylation sites (tertiary alicyclic amines) is 1. The molecule has 0 aromatic carbocycles. The number of terminal acetylenes is 2. The molecule has 2 fully saturated rings. The first-order valence-electron chi connectivity index (χ1n) is 18.8. The van der Waals surface area contributed by atoms with Crippen LogP contribution in [0.4, 0.5) is 20.4 Å². The average molecular weight is 811 g/mol. The fourth-order valence-electron chi connectivity index (χ4n) is 7.56. The number of pyridine rings is 2. The SMILES string of the molecule is C#CC(=O)N1CCCC(N(C)c2nc(-c3cnn(C)c3)c3c(c2F)CNC3=O)C1.C#CC(=O)O.CN(c1nc(-c2cnn(C)c2)c2c(c1F)CNC2=O)C1CCCNC1. The largest absolute Gasteiger partial charge is 0.472 e. The van der Waals surface area contributed by atoms with Crippen LogP contribution in [0, 0.1) is 36.3 Å². The summed E-state index contributed by atoms with van der Waals surface area (Å²) in [4.78, 5) is 59.9. The number of aliphatic carboxylic acids is 1. The van der Waals surface area contributed by atoms with Gasteiger partial charge in [-0.3, -0.25) is 23.7 Å². The van der Waals surface area contributed by atoms with Gasteiger partial charge in [0.05, 0.1) is 34.9 Å². The standard InChI is InChI=1S/C20H21FN6O2.C17H21FN6O.C3H2O2/c1-4-15(28)27-7-5-6-13(11-27)26(3)19-17(21)14-9-22-20(29)16(14)18(24-19)12-8-23-25(2)10-12;1-23-9-10(6-21-23)15-13-12(8-20-17(13)25)14(18)16(22-15)24(2)11-4-3-5-19-7-11;1-2-3(4)5/h1,8,10,13H,5-7,9,11H2,2-3H3,(H,22,29);6,9,11,19H,3-5,7-8H2,1-2H3,(H,20,25);1H,(H,4,5). The summed E-state index contributed by atoms with van der Waals surface area (Å²) in [5, 5.41) is 24.5. The highest BCUT2D eigenvalue weighted by atomic mass is 19.1. The second-order valence-corrected chi connectivity index (χ2v) is 14.4. The molecule has 8 rings (SSSR count). The molecule has 3 amide bonds. The Morgan fingerprint density at radius 2 is 1.32 bits per heavy atom. The number of aryl methyl sites for hydroxylation is 2. The van der Waals surface area contributed by atoms with Gasteiger partial charge in [-0.1, -0.05) is 0 Å². The van der Waals surface area contributed by atoms with E-state index in [0.717, 1.165) is 38.8 Å². The van der Waals surface area contributed by atoms with Crippen LogP contribution in [0.2, 0.25) is 0 Å². The lowest BCUT2D eigenvalue weighted by molar-refractivity contribution is -0.130. The lowest BCUT2D eigenvalue weighted by Crippen LogP contribution is -2.49. The van der Waals surface area contributed by atoms with E-state index < -0.39 is 17.6 Å². The highest BCUT2D eigenvalue weighted by Gasteiger charge is 2.35. The Kier molecular flexibility index (Phi) is 12.6. The normalized spacial score (nSPS) is 17.7. The molecule has 59 heavy (non-hydrogen) atoms. The molecule has 0 saturated carbocycles. The summed E-state index contributed by atoms with van der Waals surface area (Å²) in [5.74, 6) is 0.894. The Bertz CT molecular complexity index is 2370. The molecule has 2 unspecified atom stereocenters. The summed E-state index contributed by atoms with van der Waals surface area (Å²) in [6.45, 7) is 3.09. The third-order valence-electron chi connectivity index (χ3n) is 10.7. The van der Waals surface area contributed by atoms with E-state index in [1.165, 1.54) is 5.92 Å². The Hall–Kier alpha value is -6.86. The molecule has 0 aliphatic carbocycles. The molecule has 19 heteroatoms. The second kappa shape index (κ2) is 17.7. The topological polar surface area (TPSA) is 196 Å². The van der Waals surface area contributed by atoms with Gasteiger partial charge in [-0.15, -0.1) is 12.8 Å². The van der Waals surface area contributed by atoms with Gasteiger partial charge < -0.3 is 35.8 Å². The first-order chi connectivity index (χ1) is 28.2. The number of amides is 3. The first kappa shape index (κ1) is 41.8. The van der Waals surface area contributed by atoms with Gasteiger partial charge in [-0.05, 0) is 38.1 Å². The third-order valence-corrected chi connectivity index (χ3v) is 10.7. The minimum atomic E-state index is -1.22. The Labute approximate surface area is 339 Å². The second-order valence-electron chi connectivity index (χ2n) is 14.4. The van der Waals surface area contributed by atoms with Gasteiger partial charge in [0.15, 0.2) is 23.3 Å². The monoisotopic (exact) mass is 810 g/mol. The van der Waals surface area contributed by atoms with Gasteiger partial charge in [-0.25, -0.2) is 23.5 Å². The van der Waals surface area contributed by atoms with Crippen molar-refractivity contribution in [2.24, 2.45) is 14.1 Å². The first-order valence-corrected chi connectivity index (χ1v) is 18.8. The number of likely N-dealkylation sites (N-methyl/N-ethyl adjacent to an activating group) is 2. The minimum Gasteiger partial charge on any atom is -0.472 e. The van der Waals surface area contributed by atoms with E-state index in [4.69, 9.17) is 16.3 Å². The van der Waals surface area contributed by atoms with E-state index in [1.807, 2.05) is 11.9 Å². The molecule has 4 N–H and O–H groups in total. The molecule has 4 aromatic heterocycles. The zero-order valence-corrected chi connectivity index (χ0v) is 33.1. The molecular weight excluding hydrogens is 767 g/mol. The van der Waals surface area contributed by atoms with Crippen LogP contribution in [0.3, 0.4) is 0 Å². The Morgan fingerprint density at radius 3 is 1.75 bits per heavy atom. The van der Waals surface area contributed by atoms with Crippen LogP contribution in [0.15, 0.2) is 24.8 Å². The van der Waals surface area contributed by atoms with E-state index in [1.54, 1.807) is 65.1 Å². The maximum atomic E-state index is 15.3. The Morgan fingerprint density at radius 1 is 0.831 bits per heavy atom. The molecule has 0 bridgehead atoms. The summed E-state index contributed by atoms with van der Waals surface area (Å²) in [6, 6.07) is 0.0496. The van der Waals surface area contributed by atoms with Crippen LogP contribution in [0.5, 0.6) is 0 Å². The van der Waals surface area contributed by atoms with Crippen LogP contribution in [-0.2, 0) is 36.8 Å². The van der Waals surface area contributed by atoms with E-state index in [-0.39, 0.29) is 54.3 Å². The lowest BCUT2D eigenvalue weighted by atomic mass is 10.0. The smallest absolute Gasteiger partial charge is 0.381 e. The number of aromatic nitrogens is 6. The van der Waals surface area contributed by atoms with Gasteiger partial charge in [0.1, 0.15) is 0 Å². The zero-order valence-electron chi connectivity index (χ0n) is 33.1. The number of carboxylic acids is 1. The number of carbonyl (C=O) groups excluding carboxylic acids is 3. The zero-order chi connectivity index (χ0) is 42.5. The highest BCUT2D eigenvalue weighted by Crippen LogP contribution is 2.36. The number of halogens is 2. The number of carbonyl (C=O) groups is 4. The fraction of sp³-hybridized carbons (Fsp3) is 0.400. The summed E-state index contributed by atoms with van der Waals surface area (Å²) in [5.41, 5.74) is 3.52. The molecule has 4 aliphatic heterocycles. The van der Waals surface area contributed by atoms with Crippen LogP contribution in [0.1, 0.15) is 57.5 Å². The molecule has 308 valence electrons. The summed E-state index contributed by atoms with van der Waals surface area (Å²) >= 11 is 0. The van der Waals surface area contributed by atoms with E-state index in [2.05, 4.69) is 48.5 Å². The number of anilines is 2. The van der Waals surface area contributed by atoms with Crippen molar-refractivity contribution in [3.05, 3.63) is 58.7 Å². The predicted molar refractivity (Wildman–Crippen MR) is 213 cm³/mol. The number of hydrogen-bond acceptors (Lipinski definition) is 11. The summed E-state index contributed by atoms with van der Waals surface area (Å²) in [6.07, 6.45) is 19.9. The number of nitrogens with one attached hydrogen (secondary N) is 3. The van der Waals surface area contributed by atoms with Crippen molar-refractivity contribution in [3.63, 3.8) is 0 Å². The maximum Gasteiger partial charge on any atom is 0.381 e. The molecule has 0 spiro atoms. The van der Waals surface area contributed by atoms with Gasteiger partial charge in [0.2, 0.25) is 0 Å². The molecule has 2 saturated heterocycles. The van der Waals surface area contributed by atoms with Crippen molar-refractivity contribution in [1.29, 1.82) is 0 Å². The van der Waals surface area contributed by atoms with Crippen molar-refractivity contribution >= 4 is 35.3 Å². The summed E-state index contributed by atoms with van der Waals surface area (Å²) in [7, 11) is 7.18. The van der Waals surface area contributed by atoms with Crippen LogP contribution < -0.4 is 25.8 Å². The van der Waals surface area contributed by atoms with Crippen molar-refractivity contribution in [3.8, 4) is 47.2 Å². The fourth-order valence-corrected chi connectivity index (χ4v) is 7.56. The molecule has 0 radical (unpaired) electrons. The molecular formula is C40H44F2N12O5. The quantitative estimate of drug-likeness (QED) is 0.206. The summed E-state index contributed by atoms with van der Waals surface area (Å²) < 4.78 is 33.7. The molecule has 2 atom stereocenters. The van der Waals surface area contributed by atoms with Crippen molar-refractivity contribution < 1.29 is 33.1 Å². The average Bonchev–Trinajstić information content (AvgIpc) is 4.06.